The standard InChI is InChI=1S/C21H21ClN2O3/c1-12(2)10-18(19(25)23-17-11-14(22)9-8-13(17)3)24-20(26)15-6-4-5-7-16(15)21(24)27/h4-9,11-12,18H,10H2,1-3H3,(H,23,25). The van der Waals surface area contributed by atoms with Crippen LogP contribution in [-0.4, -0.2) is 28.7 Å². The van der Waals surface area contributed by atoms with Crippen molar-refractivity contribution in [2.75, 3.05) is 5.32 Å². The molecule has 2 aromatic carbocycles. The Hall–Kier alpha value is -2.66. The minimum atomic E-state index is -0.893. The zero-order valence-electron chi connectivity index (χ0n) is 15.5. The van der Waals surface area contributed by atoms with Crippen LogP contribution < -0.4 is 5.32 Å². The van der Waals surface area contributed by atoms with E-state index in [9.17, 15) is 14.4 Å². The first kappa shape index (κ1) is 19.1. The lowest BCUT2D eigenvalue weighted by molar-refractivity contribution is -0.120. The number of hydrogen-bond acceptors (Lipinski definition) is 3. The summed E-state index contributed by atoms with van der Waals surface area (Å²) in [7, 11) is 0. The van der Waals surface area contributed by atoms with Gasteiger partial charge in [-0.15, -0.1) is 0 Å². The zero-order valence-corrected chi connectivity index (χ0v) is 16.2. The molecule has 3 amide bonds. The van der Waals surface area contributed by atoms with Crippen molar-refractivity contribution in [2.45, 2.75) is 33.2 Å². The number of halogens is 1. The molecule has 1 N–H and O–H groups in total. The van der Waals surface area contributed by atoms with Crippen LogP contribution in [0.1, 0.15) is 46.5 Å². The molecule has 0 aromatic heterocycles. The van der Waals surface area contributed by atoms with E-state index in [-0.39, 0.29) is 5.92 Å². The van der Waals surface area contributed by atoms with Gasteiger partial charge >= 0.3 is 0 Å². The number of carbonyl (C=O) groups excluding carboxylic acids is 3. The molecule has 0 aliphatic carbocycles. The van der Waals surface area contributed by atoms with E-state index in [4.69, 9.17) is 11.6 Å². The van der Waals surface area contributed by atoms with Crippen molar-refractivity contribution < 1.29 is 14.4 Å². The van der Waals surface area contributed by atoms with E-state index in [2.05, 4.69) is 5.32 Å². The van der Waals surface area contributed by atoms with Gasteiger partial charge in [-0.05, 0) is 49.1 Å². The Kier molecular flexibility index (Phi) is 5.33. The second-order valence-electron chi connectivity index (χ2n) is 7.12. The maximum Gasteiger partial charge on any atom is 0.262 e. The van der Waals surface area contributed by atoms with Crippen LogP contribution in [0.15, 0.2) is 42.5 Å². The Labute approximate surface area is 163 Å². The normalized spacial score (nSPS) is 14.5. The van der Waals surface area contributed by atoms with E-state index in [1.54, 1.807) is 42.5 Å². The molecule has 0 spiro atoms. The Morgan fingerprint density at radius 2 is 1.67 bits per heavy atom. The van der Waals surface area contributed by atoms with Gasteiger partial charge in [0, 0.05) is 10.7 Å². The summed E-state index contributed by atoms with van der Waals surface area (Å²) in [5.41, 5.74) is 2.09. The van der Waals surface area contributed by atoms with Gasteiger partial charge in [0.05, 0.1) is 11.1 Å². The summed E-state index contributed by atoms with van der Waals surface area (Å²) in [5.74, 6) is -1.15. The summed E-state index contributed by atoms with van der Waals surface area (Å²) in [6.07, 6.45) is 0.372. The van der Waals surface area contributed by atoms with Crippen molar-refractivity contribution in [2.24, 2.45) is 5.92 Å². The number of rotatable bonds is 5. The lowest BCUT2D eigenvalue weighted by atomic mass is 10.0. The van der Waals surface area contributed by atoms with Crippen LogP contribution in [0, 0.1) is 12.8 Å². The van der Waals surface area contributed by atoms with Gasteiger partial charge in [0.2, 0.25) is 5.91 Å². The van der Waals surface area contributed by atoms with E-state index in [0.29, 0.717) is 28.3 Å². The van der Waals surface area contributed by atoms with Gasteiger partial charge in [-0.1, -0.05) is 43.6 Å². The minimum absolute atomic E-state index is 0.116. The molecule has 2 aromatic rings. The second kappa shape index (κ2) is 7.53. The number of amides is 3. The van der Waals surface area contributed by atoms with Crippen LogP contribution in [0.25, 0.3) is 0 Å². The fraction of sp³-hybridized carbons (Fsp3) is 0.286. The third-order valence-electron chi connectivity index (χ3n) is 4.59. The molecule has 0 saturated carbocycles. The number of fused-ring (bicyclic) bond motifs is 1. The number of imide groups is 1. The first-order chi connectivity index (χ1) is 12.8. The maximum atomic E-state index is 13.0. The Bertz CT molecular complexity index is 888. The maximum absolute atomic E-state index is 13.0. The summed E-state index contributed by atoms with van der Waals surface area (Å²) in [6, 6.07) is 10.9. The third kappa shape index (κ3) is 3.74. The Balaban J connectivity index is 1.93. The Morgan fingerprint density at radius 3 is 2.22 bits per heavy atom. The molecule has 140 valence electrons. The monoisotopic (exact) mass is 384 g/mol. The van der Waals surface area contributed by atoms with Crippen molar-refractivity contribution in [3.63, 3.8) is 0 Å². The Morgan fingerprint density at radius 1 is 1.07 bits per heavy atom. The van der Waals surface area contributed by atoms with Crippen LogP contribution in [-0.2, 0) is 4.79 Å². The fourth-order valence-electron chi connectivity index (χ4n) is 3.21. The zero-order chi connectivity index (χ0) is 19.7. The highest BCUT2D eigenvalue weighted by Crippen LogP contribution is 2.28. The summed E-state index contributed by atoms with van der Waals surface area (Å²) >= 11 is 6.03. The van der Waals surface area contributed by atoms with E-state index >= 15 is 0 Å². The largest absolute Gasteiger partial charge is 0.324 e. The molecule has 5 nitrogen and oxygen atoms in total. The molecule has 6 heteroatoms. The van der Waals surface area contributed by atoms with Crippen molar-refractivity contribution in [3.05, 3.63) is 64.2 Å². The number of nitrogens with one attached hydrogen (secondary N) is 1. The van der Waals surface area contributed by atoms with Gasteiger partial charge in [-0.25, -0.2) is 0 Å². The number of hydrogen-bond donors (Lipinski definition) is 1. The topological polar surface area (TPSA) is 66.5 Å². The first-order valence-electron chi connectivity index (χ1n) is 8.83. The predicted octanol–water partition coefficient (Wildman–Crippen LogP) is 4.30. The number of aryl methyl sites for hydroxylation is 1. The lowest BCUT2D eigenvalue weighted by Gasteiger charge is -2.27. The molecule has 0 fully saturated rings. The van der Waals surface area contributed by atoms with Gasteiger partial charge in [0.1, 0.15) is 6.04 Å². The molecule has 0 bridgehead atoms. The molecule has 0 radical (unpaired) electrons. The quantitative estimate of drug-likeness (QED) is 0.781. The van der Waals surface area contributed by atoms with E-state index in [1.165, 1.54) is 0 Å². The van der Waals surface area contributed by atoms with Gasteiger partial charge in [0.15, 0.2) is 0 Å². The number of anilines is 1. The first-order valence-corrected chi connectivity index (χ1v) is 9.21. The SMILES string of the molecule is Cc1ccc(Cl)cc1NC(=O)C(CC(C)C)N1C(=O)c2ccccc2C1=O. The third-order valence-corrected chi connectivity index (χ3v) is 4.83. The molecule has 1 heterocycles. The molecule has 0 saturated heterocycles. The minimum Gasteiger partial charge on any atom is -0.324 e. The van der Waals surface area contributed by atoms with Crippen molar-refractivity contribution >= 4 is 35.0 Å². The summed E-state index contributed by atoms with van der Waals surface area (Å²) in [4.78, 5) is 39.7. The number of carbonyl (C=O) groups is 3. The molecule has 1 aliphatic rings. The van der Waals surface area contributed by atoms with E-state index in [0.717, 1.165) is 10.5 Å². The number of benzene rings is 2. The summed E-state index contributed by atoms with van der Waals surface area (Å²) in [5, 5.41) is 3.33. The van der Waals surface area contributed by atoms with Crippen LogP contribution in [0.2, 0.25) is 5.02 Å². The number of nitrogens with zero attached hydrogens (tertiary/aromatic N) is 1. The van der Waals surface area contributed by atoms with Crippen molar-refractivity contribution in [3.8, 4) is 0 Å². The molecular weight excluding hydrogens is 364 g/mol. The smallest absolute Gasteiger partial charge is 0.262 e. The predicted molar refractivity (Wildman–Crippen MR) is 105 cm³/mol. The van der Waals surface area contributed by atoms with Crippen LogP contribution in [0.4, 0.5) is 5.69 Å². The van der Waals surface area contributed by atoms with Crippen LogP contribution in [0.3, 0.4) is 0 Å². The highest BCUT2D eigenvalue weighted by molar-refractivity contribution is 6.31. The molecule has 27 heavy (non-hydrogen) atoms. The molecule has 1 aliphatic heterocycles. The van der Waals surface area contributed by atoms with Gasteiger partial charge in [-0.3, -0.25) is 19.3 Å². The molecule has 1 atom stereocenters. The van der Waals surface area contributed by atoms with Gasteiger partial charge in [-0.2, -0.15) is 0 Å². The van der Waals surface area contributed by atoms with Crippen molar-refractivity contribution in [1.82, 2.24) is 4.90 Å². The average Bonchev–Trinajstić information content (AvgIpc) is 2.87. The van der Waals surface area contributed by atoms with Crippen molar-refractivity contribution in [1.29, 1.82) is 0 Å². The highest BCUT2D eigenvalue weighted by Gasteiger charge is 2.42. The summed E-state index contributed by atoms with van der Waals surface area (Å²) < 4.78 is 0. The molecule has 1 unspecified atom stereocenters. The highest BCUT2D eigenvalue weighted by atomic mass is 35.5. The molecule has 3 rings (SSSR count). The van der Waals surface area contributed by atoms with Gasteiger partial charge < -0.3 is 5.32 Å². The van der Waals surface area contributed by atoms with Crippen LogP contribution in [0.5, 0.6) is 0 Å². The summed E-state index contributed by atoms with van der Waals surface area (Å²) in [6.45, 7) is 5.75. The average molecular weight is 385 g/mol. The molecular formula is C21H21ClN2O3. The second-order valence-corrected chi connectivity index (χ2v) is 7.56. The van der Waals surface area contributed by atoms with E-state index < -0.39 is 23.8 Å². The van der Waals surface area contributed by atoms with E-state index in [1.807, 2.05) is 20.8 Å². The lowest BCUT2D eigenvalue weighted by Crippen LogP contribution is -2.48. The van der Waals surface area contributed by atoms with Gasteiger partial charge in [0.25, 0.3) is 11.8 Å². The fourth-order valence-corrected chi connectivity index (χ4v) is 3.38. The van der Waals surface area contributed by atoms with Crippen LogP contribution >= 0.6 is 11.6 Å².